The molecule has 0 amide bonds. The van der Waals surface area contributed by atoms with Crippen LogP contribution in [0, 0.1) is 23.7 Å². The van der Waals surface area contributed by atoms with Gasteiger partial charge in [0, 0.05) is 0 Å². The molecule has 0 N–H and O–H groups in total. The van der Waals surface area contributed by atoms with Gasteiger partial charge in [-0.15, -0.1) is 6.58 Å². The molecule has 0 spiro atoms. The minimum absolute atomic E-state index is 0.806. The first kappa shape index (κ1) is 10.8. The van der Waals surface area contributed by atoms with E-state index in [1.807, 2.05) is 0 Å². The van der Waals surface area contributed by atoms with Gasteiger partial charge in [-0.3, -0.25) is 0 Å². The van der Waals surface area contributed by atoms with Gasteiger partial charge < -0.3 is 0 Å². The highest BCUT2D eigenvalue weighted by molar-refractivity contribution is 4.95. The molecule has 1 aliphatic carbocycles. The van der Waals surface area contributed by atoms with Crippen LogP contribution in [0.4, 0.5) is 0 Å². The van der Waals surface area contributed by atoms with Crippen LogP contribution in [-0.2, 0) is 0 Å². The molecule has 4 unspecified atom stereocenters. The largest absolute Gasteiger partial charge is 0.103 e. The highest BCUT2D eigenvalue weighted by Crippen LogP contribution is 2.44. The molecule has 4 atom stereocenters. The van der Waals surface area contributed by atoms with Gasteiger partial charge in [-0.2, -0.15) is 0 Å². The fourth-order valence-electron chi connectivity index (χ4n) is 2.95. The summed E-state index contributed by atoms with van der Waals surface area (Å²) in [5, 5.41) is 0. The molecule has 0 saturated heterocycles. The van der Waals surface area contributed by atoms with Gasteiger partial charge in [-0.25, -0.2) is 0 Å². The van der Waals surface area contributed by atoms with E-state index in [0.29, 0.717) is 0 Å². The lowest BCUT2D eigenvalue weighted by Crippen LogP contribution is -2.18. The Labute approximate surface area is 83.4 Å². The molecule has 0 radical (unpaired) electrons. The van der Waals surface area contributed by atoms with E-state index in [0.717, 1.165) is 23.7 Å². The van der Waals surface area contributed by atoms with Crippen LogP contribution in [0.2, 0.25) is 0 Å². The van der Waals surface area contributed by atoms with Gasteiger partial charge in [0.05, 0.1) is 0 Å². The van der Waals surface area contributed by atoms with Crippen molar-refractivity contribution in [3.63, 3.8) is 0 Å². The quantitative estimate of drug-likeness (QED) is 0.567. The summed E-state index contributed by atoms with van der Waals surface area (Å²) in [4.78, 5) is 0. The van der Waals surface area contributed by atoms with Crippen molar-refractivity contribution in [2.45, 2.75) is 46.5 Å². The second-order valence-electron chi connectivity index (χ2n) is 4.61. The lowest BCUT2D eigenvalue weighted by molar-refractivity contribution is 0.277. The van der Waals surface area contributed by atoms with Crippen molar-refractivity contribution in [1.82, 2.24) is 0 Å². The Bertz CT molecular complexity index is 159. The van der Waals surface area contributed by atoms with Crippen molar-refractivity contribution in [1.29, 1.82) is 0 Å². The Morgan fingerprint density at radius 2 is 2.08 bits per heavy atom. The molecule has 1 fully saturated rings. The Kier molecular flexibility index (Phi) is 4.02. The first-order chi connectivity index (χ1) is 6.24. The molecule has 1 aliphatic rings. The first-order valence-electron chi connectivity index (χ1n) is 5.87. The van der Waals surface area contributed by atoms with Crippen LogP contribution in [0.15, 0.2) is 12.7 Å². The van der Waals surface area contributed by atoms with Crippen molar-refractivity contribution in [3.05, 3.63) is 12.7 Å². The number of allylic oxidation sites excluding steroid dienone is 1. The first-order valence-corrected chi connectivity index (χ1v) is 5.87. The van der Waals surface area contributed by atoms with Crippen LogP contribution in [0.3, 0.4) is 0 Å². The molecule has 76 valence electrons. The fraction of sp³-hybridized carbons (Fsp3) is 0.846. The van der Waals surface area contributed by atoms with E-state index in [2.05, 4.69) is 33.4 Å². The zero-order chi connectivity index (χ0) is 9.84. The van der Waals surface area contributed by atoms with Crippen molar-refractivity contribution in [3.8, 4) is 0 Å². The Hall–Kier alpha value is -0.260. The molecule has 0 aromatic carbocycles. The normalized spacial score (nSPS) is 36.1. The summed E-state index contributed by atoms with van der Waals surface area (Å²) in [7, 11) is 0. The minimum Gasteiger partial charge on any atom is -0.103 e. The molecule has 1 saturated carbocycles. The van der Waals surface area contributed by atoms with Crippen LogP contribution < -0.4 is 0 Å². The van der Waals surface area contributed by atoms with Crippen LogP contribution >= 0.6 is 0 Å². The van der Waals surface area contributed by atoms with Crippen molar-refractivity contribution in [2.24, 2.45) is 23.7 Å². The van der Waals surface area contributed by atoms with E-state index >= 15 is 0 Å². The summed E-state index contributed by atoms with van der Waals surface area (Å²) in [5.74, 6) is 3.54. The Balaban J connectivity index is 2.61. The second-order valence-corrected chi connectivity index (χ2v) is 4.61. The topological polar surface area (TPSA) is 0 Å². The average Bonchev–Trinajstić information content (AvgIpc) is 2.58. The van der Waals surface area contributed by atoms with Gasteiger partial charge in [0.15, 0.2) is 0 Å². The molecule has 0 aromatic heterocycles. The molecule has 13 heavy (non-hydrogen) atoms. The molecular formula is C13H24. The standard InChI is InChI=1S/C13H24/c1-5-10(4)13-9-8-11(6-2)12(13)7-3/h7,10-13H,3,5-6,8-9H2,1-2,4H3. The van der Waals surface area contributed by atoms with Crippen molar-refractivity contribution in [2.75, 3.05) is 0 Å². The Morgan fingerprint density at radius 1 is 1.38 bits per heavy atom. The summed E-state index contributed by atoms with van der Waals surface area (Å²) in [5.41, 5.74) is 0. The van der Waals surface area contributed by atoms with Gasteiger partial charge in [-0.1, -0.05) is 39.7 Å². The van der Waals surface area contributed by atoms with E-state index in [1.54, 1.807) is 0 Å². The Morgan fingerprint density at radius 3 is 2.54 bits per heavy atom. The lowest BCUT2D eigenvalue weighted by atomic mass is 9.80. The number of hydrogen-bond donors (Lipinski definition) is 0. The summed E-state index contributed by atoms with van der Waals surface area (Å²) < 4.78 is 0. The predicted molar refractivity (Wildman–Crippen MR) is 59.6 cm³/mol. The maximum atomic E-state index is 4.01. The maximum Gasteiger partial charge on any atom is -0.0177 e. The highest BCUT2D eigenvalue weighted by atomic mass is 14.4. The summed E-state index contributed by atoms with van der Waals surface area (Å²) in [6, 6.07) is 0. The van der Waals surface area contributed by atoms with E-state index in [9.17, 15) is 0 Å². The molecular weight excluding hydrogens is 156 g/mol. The van der Waals surface area contributed by atoms with E-state index in [1.165, 1.54) is 25.7 Å². The van der Waals surface area contributed by atoms with Gasteiger partial charge in [-0.05, 0) is 36.5 Å². The second kappa shape index (κ2) is 4.83. The summed E-state index contributed by atoms with van der Waals surface area (Å²) in [6.07, 6.45) is 7.75. The lowest BCUT2D eigenvalue weighted by Gasteiger charge is -2.25. The molecule has 0 bridgehead atoms. The van der Waals surface area contributed by atoms with Gasteiger partial charge in [0.2, 0.25) is 0 Å². The molecule has 0 nitrogen and oxygen atoms in total. The summed E-state index contributed by atoms with van der Waals surface area (Å²) >= 11 is 0. The van der Waals surface area contributed by atoms with Gasteiger partial charge in [0.25, 0.3) is 0 Å². The number of rotatable bonds is 4. The fourth-order valence-corrected chi connectivity index (χ4v) is 2.95. The maximum absolute atomic E-state index is 4.01. The molecule has 0 heteroatoms. The minimum atomic E-state index is 0.806. The monoisotopic (exact) mass is 180 g/mol. The highest BCUT2D eigenvalue weighted by Gasteiger charge is 2.34. The van der Waals surface area contributed by atoms with Crippen LogP contribution in [-0.4, -0.2) is 0 Å². The molecule has 0 aliphatic heterocycles. The van der Waals surface area contributed by atoms with E-state index in [-0.39, 0.29) is 0 Å². The summed E-state index contributed by atoms with van der Waals surface area (Å²) in [6.45, 7) is 11.0. The van der Waals surface area contributed by atoms with Crippen molar-refractivity contribution < 1.29 is 0 Å². The molecule has 0 aromatic rings. The average molecular weight is 180 g/mol. The van der Waals surface area contributed by atoms with E-state index < -0.39 is 0 Å². The SMILES string of the molecule is C=CC1C(CC)CCC1C(C)CC. The van der Waals surface area contributed by atoms with Crippen LogP contribution in [0.1, 0.15) is 46.5 Å². The zero-order valence-corrected chi connectivity index (χ0v) is 9.42. The number of hydrogen-bond acceptors (Lipinski definition) is 0. The predicted octanol–water partition coefficient (Wildman–Crippen LogP) is 4.27. The van der Waals surface area contributed by atoms with E-state index in [4.69, 9.17) is 0 Å². The third kappa shape index (κ3) is 2.15. The van der Waals surface area contributed by atoms with Gasteiger partial charge >= 0.3 is 0 Å². The smallest absolute Gasteiger partial charge is 0.0177 e. The zero-order valence-electron chi connectivity index (χ0n) is 9.42. The van der Waals surface area contributed by atoms with Gasteiger partial charge in [0.1, 0.15) is 0 Å². The third-order valence-electron chi connectivity index (χ3n) is 4.08. The molecule has 1 rings (SSSR count). The van der Waals surface area contributed by atoms with Crippen LogP contribution in [0.5, 0.6) is 0 Å². The molecule has 0 heterocycles. The van der Waals surface area contributed by atoms with Crippen molar-refractivity contribution >= 4 is 0 Å². The van der Waals surface area contributed by atoms with Crippen LogP contribution in [0.25, 0.3) is 0 Å². The third-order valence-corrected chi connectivity index (χ3v) is 4.08.